The summed E-state index contributed by atoms with van der Waals surface area (Å²) < 4.78 is 11.3. The molecule has 0 aromatic heterocycles. The smallest absolute Gasteiger partial charge is 0.335 e. The van der Waals surface area contributed by atoms with Crippen molar-refractivity contribution < 1.29 is 33.7 Å². The van der Waals surface area contributed by atoms with Crippen molar-refractivity contribution in [3.05, 3.63) is 109 Å². The molecule has 14 heteroatoms. The van der Waals surface area contributed by atoms with E-state index in [1.54, 1.807) is 19.1 Å². The Balaban J connectivity index is 1.80. The van der Waals surface area contributed by atoms with E-state index in [2.05, 4.69) is 11.9 Å². The van der Waals surface area contributed by atoms with Crippen molar-refractivity contribution in [2.75, 3.05) is 12.0 Å². The molecular weight excluding hydrogens is 572 g/mol. The molecule has 0 aliphatic carbocycles. The molecule has 1 N–H and O–H groups in total. The number of hydrogen-bond donors (Lipinski definition) is 1. The van der Waals surface area contributed by atoms with Gasteiger partial charge in [0, 0.05) is 16.7 Å². The first-order valence-corrected chi connectivity index (χ1v) is 12.4. The molecule has 1 fully saturated rings. The number of benzene rings is 3. The maximum Gasteiger partial charge on any atom is 0.335 e. The summed E-state index contributed by atoms with van der Waals surface area (Å²) in [6, 6.07) is 9.61. The lowest BCUT2D eigenvalue weighted by atomic mass is 10.0. The number of non-ortho nitro benzene ring substituents is 1. The molecule has 0 bridgehead atoms. The number of nitro benzene ring substituents is 2. The molecule has 0 atom stereocenters. The van der Waals surface area contributed by atoms with Gasteiger partial charge in [-0.3, -0.25) is 35.1 Å². The predicted octanol–water partition coefficient (Wildman–Crippen LogP) is 5.66. The number of hydrogen-bond acceptors (Lipinski definition) is 9. The van der Waals surface area contributed by atoms with Crippen LogP contribution in [-0.2, 0) is 16.0 Å². The molecule has 3 aromatic rings. The molecule has 0 radical (unpaired) electrons. The van der Waals surface area contributed by atoms with E-state index in [9.17, 15) is 34.6 Å². The summed E-state index contributed by atoms with van der Waals surface area (Å²) in [6.45, 7) is 5.33. The maximum atomic E-state index is 13.4. The number of methoxy groups -OCH3 is 1. The summed E-state index contributed by atoms with van der Waals surface area (Å²) in [5, 5.41) is 25.2. The van der Waals surface area contributed by atoms with Crippen molar-refractivity contribution in [3.63, 3.8) is 0 Å². The summed E-state index contributed by atoms with van der Waals surface area (Å²) in [5.41, 5.74) is -0.163. The first-order chi connectivity index (χ1) is 20.0. The number of allylic oxidation sites excluding steroid dienone is 1. The minimum Gasteiger partial charge on any atom is -0.493 e. The average Bonchev–Trinajstić information content (AvgIpc) is 2.94. The molecular formula is C28H21ClN4O9. The van der Waals surface area contributed by atoms with E-state index in [1.807, 2.05) is 0 Å². The molecule has 0 saturated carbocycles. The van der Waals surface area contributed by atoms with Gasteiger partial charge in [0.25, 0.3) is 17.5 Å². The topological polar surface area (TPSA) is 171 Å². The summed E-state index contributed by atoms with van der Waals surface area (Å²) >= 11 is 6.17. The number of nitro groups is 2. The second kappa shape index (κ2) is 11.9. The highest BCUT2D eigenvalue weighted by molar-refractivity contribution is 6.40. The van der Waals surface area contributed by atoms with Crippen molar-refractivity contribution in [2.45, 2.75) is 13.3 Å². The number of amides is 4. The van der Waals surface area contributed by atoms with Gasteiger partial charge in [-0.05, 0) is 60.9 Å². The summed E-state index contributed by atoms with van der Waals surface area (Å²) in [7, 11) is 1.31. The number of anilines is 1. The summed E-state index contributed by atoms with van der Waals surface area (Å²) in [5.74, 6) is -1.99. The summed E-state index contributed by atoms with van der Waals surface area (Å²) in [4.78, 5) is 60.7. The summed E-state index contributed by atoms with van der Waals surface area (Å²) in [6.07, 6.45) is 2.93. The lowest BCUT2D eigenvalue weighted by Gasteiger charge is -2.27. The van der Waals surface area contributed by atoms with Crippen LogP contribution in [-0.4, -0.2) is 34.8 Å². The van der Waals surface area contributed by atoms with Gasteiger partial charge in [0.1, 0.15) is 5.57 Å². The number of rotatable bonds is 9. The Labute approximate surface area is 242 Å². The highest BCUT2D eigenvalue weighted by atomic mass is 35.5. The Hall–Kier alpha value is -5.56. The van der Waals surface area contributed by atoms with Crippen LogP contribution in [0.25, 0.3) is 6.08 Å². The Kier molecular flexibility index (Phi) is 8.33. The Morgan fingerprint density at radius 2 is 1.79 bits per heavy atom. The van der Waals surface area contributed by atoms with Crippen LogP contribution in [0.4, 0.5) is 21.9 Å². The molecule has 4 amide bonds. The molecule has 42 heavy (non-hydrogen) atoms. The molecule has 1 aliphatic heterocycles. The van der Waals surface area contributed by atoms with Gasteiger partial charge in [-0.2, -0.15) is 0 Å². The van der Waals surface area contributed by atoms with E-state index in [4.69, 9.17) is 21.1 Å². The lowest BCUT2D eigenvalue weighted by molar-refractivity contribution is -0.394. The standard InChI is InChI=1S/C28H21ClN4O9/c1-4-6-17-11-16(12-19-26(34)30-28(36)31(27(19)35)21-8-5-7-20(29)15(21)2)13-24(41-3)25(17)42-23-10-9-18(32(37)38)14-22(23)33(39)40/h4-5,7-14H,1,6H2,2-3H3,(H,30,34,36)/b19-12+. The monoisotopic (exact) mass is 592 g/mol. The third-order valence-electron chi connectivity index (χ3n) is 6.19. The van der Waals surface area contributed by atoms with E-state index in [1.165, 1.54) is 37.5 Å². The molecule has 1 heterocycles. The van der Waals surface area contributed by atoms with E-state index >= 15 is 0 Å². The molecule has 13 nitrogen and oxygen atoms in total. The van der Waals surface area contributed by atoms with Crippen LogP contribution in [0.5, 0.6) is 17.2 Å². The largest absolute Gasteiger partial charge is 0.493 e. The van der Waals surface area contributed by atoms with Crippen molar-refractivity contribution in [3.8, 4) is 17.2 Å². The minimum atomic E-state index is -0.939. The van der Waals surface area contributed by atoms with Crippen molar-refractivity contribution >= 4 is 52.6 Å². The number of imide groups is 2. The fourth-order valence-electron chi connectivity index (χ4n) is 4.18. The quantitative estimate of drug-likeness (QED) is 0.108. The van der Waals surface area contributed by atoms with Crippen LogP contribution in [0.15, 0.2) is 66.8 Å². The van der Waals surface area contributed by atoms with Gasteiger partial charge in [-0.25, -0.2) is 9.69 Å². The molecule has 214 valence electrons. The molecule has 1 saturated heterocycles. The molecule has 4 rings (SSSR count). The zero-order valence-corrected chi connectivity index (χ0v) is 22.8. The van der Waals surface area contributed by atoms with Crippen LogP contribution >= 0.6 is 11.6 Å². The van der Waals surface area contributed by atoms with Crippen LogP contribution in [0.2, 0.25) is 5.02 Å². The Morgan fingerprint density at radius 1 is 1.05 bits per heavy atom. The van der Waals surface area contributed by atoms with Gasteiger partial charge in [0.05, 0.1) is 28.7 Å². The number of urea groups is 1. The Morgan fingerprint density at radius 3 is 2.43 bits per heavy atom. The van der Waals surface area contributed by atoms with Gasteiger partial charge >= 0.3 is 11.7 Å². The second-order valence-corrected chi connectivity index (χ2v) is 9.22. The van der Waals surface area contributed by atoms with Crippen LogP contribution in [0.3, 0.4) is 0 Å². The number of carbonyl (C=O) groups is 3. The number of nitrogens with one attached hydrogen (secondary N) is 1. The molecule has 3 aromatic carbocycles. The van der Waals surface area contributed by atoms with E-state index in [-0.39, 0.29) is 34.9 Å². The molecule has 0 unspecified atom stereocenters. The maximum absolute atomic E-state index is 13.4. The lowest BCUT2D eigenvalue weighted by Crippen LogP contribution is -2.54. The zero-order valence-electron chi connectivity index (χ0n) is 22.1. The van der Waals surface area contributed by atoms with Crippen LogP contribution in [0.1, 0.15) is 16.7 Å². The third kappa shape index (κ3) is 5.67. The third-order valence-corrected chi connectivity index (χ3v) is 6.60. The van der Waals surface area contributed by atoms with Gasteiger partial charge in [0.2, 0.25) is 5.75 Å². The predicted molar refractivity (Wildman–Crippen MR) is 152 cm³/mol. The fourth-order valence-corrected chi connectivity index (χ4v) is 4.35. The van der Waals surface area contributed by atoms with Gasteiger partial charge in [0.15, 0.2) is 11.5 Å². The van der Waals surface area contributed by atoms with E-state index in [0.717, 1.165) is 23.1 Å². The van der Waals surface area contributed by atoms with E-state index < -0.39 is 39.1 Å². The minimum absolute atomic E-state index is 0.0438. The highest BCUT2D eigenvalue weighted by Crippen LogP contribution is 2.41. The van der Waals surface area contributed by atoms with Crippen molar-refractivity contribution in [1.29, 1.82) is 0 Å². The first-order valence-electron chi connectivity index (χ1n) is 12.1. The highest BCUT2D eigenvalue weighted by Gasteiger charge is 2.37. The Bertz CT molecular complexity index is 1720. The number of nitrogens with zero attached hydrogens (tertiary/aromatic N) is 3. The van der Waals surface area contributed by atoms with Crippen molar-refractivity contribution in [1.82, 2.24) is 5.32 Å². The first kappa shape index (κ1) is 29.4. The van der Waals surface area contributed by atoms with E-state index in [0.29, 0.717) is 21.7 Å². The number of halogens is 1. The van der Waals surface area contributed by atoms with Gasteiger partial charge < -0.3 is 9.47 Å². The van der Waals surface area contributed by atoms with Gasteiger partial charge in [-0.1, -0.05) is 23.7 Å². The normalized spacial score (nSPS) is 14.0. The number of barbiturate groups is 1. The SMILES string of the molecule is C=CCc1cc(/C=C2\C(=O)NC(=O)N(c3cccc(Cl)c3C)C2=O)cc(OC)c1Oc1ccc([N+](=O)[O-])cc1[N+](=O)[O-]. The molecule has 0 spiro atoms. The number of ether oxygens (including phenoxy) is 2. The van der Waals surface area contributed by atoms with Crippen LogP contribution < -0.4 is 19.7 Å². The fraction of sp³-hybridized carbons (Fsp3) is 0.107. The number of carbonyl (C=O) groups excluding carboxylic acids is 3. The second-order valence-electron chi connectivity index (χ2n) is 8.81. The van der Waals surface area contributed by atoms with Crippen molar-refractivity contribution in [2.24, 2.45) is 0 Å². The average molecular weight is 593 g/mol. The van der Waals surface area contributed by atoms with Gasteiger partial charge in [-0.15, -0.1) is 6.58 Å². The zero-order chi connectivity index (χ0) is 30.7. The van der Waals surface area contributed by atoms with Crippen LogP contribution in [0, 0.1) is 27.2 Å². The molecule has 1 aliphatic rings.